The predicted molar refractivity (Wildman–Crippen MR) is 50.0 cm³/mol. The van der Waals surface area contributed by atoms with Crippen molar-refractivity contribution in [2.45, 2.75) is 25.7 Å². The first-order valence-corrected chi connectivity index (χ1v) is 4.65. The van der Waals surface area contributed by atoms with Gasteiger partial charge in [0.15, 0.2) is 0 Å². The van der Waals surface area contributed by atoms with E-state index in [9.17, 15) is 4.91 Å². The van der Waals surface area contributed by atoms with Crippen LogP contribution in [0.4, 0.5) is 0 Å². The van der Waals surface area contributed by atoms with Crippen molar-refractivity contribution in [2.24, 2.45) is 5.29 Å². The van der Waals surface area contributed by atoms with Gasteiger partial charge in [-0.15, -0.1) is 4.91 Å². The minimum absolute atomic E-state index is 0.156. The summed E-state index contributed by atoms with van der Waals surface area (Å²) >= 11 is 0. The van der Waals surface area contributed by atoms with Gasteiger partial charge in [-0.1, -0.05) is 0 Å². The van der Waals surface area contributed by atoms with Crippen molar-refractivity contribution in [2.75, 3.05) is 26.3 Å². The van der Waals surface area contributed by atoms with Gasteiger partial charge in [-0.25, -0.2) is 0 Å². The average Bonchev–Trinajstić information content (AvgIpc) is 2.16. The maximum absolute atomic E-state index is 10.2. The highest BCUT2D eigenvalue weighted by Crippen LogP contribution is 1.98. The van der Waals surface area contributed by atoms with Crippen molar-refractivity contribution in [3.63, 3.8) is 0 Å². The van der Waals surface area contributed by atoms with E-state index in [0.29, 0.717) is 25.9 Å². The maximum Gasteiger partial charge on any atom is 0.0523 e. The van der Waals surface area contributed by atoms with E-state index in [1.807, 2.05) is 0 Å². The smallest absolute Gasteiger partial charge is 0.0523 e. The van der Waals surface area contributed by atoms with Gasteiger partial charge in [-0.05, 0) is 25.7 Å². The van der Waals surface area contributed by atoms with Crippen LogP contribution in [0.5, 0.6) is 0 Å². The first-order chi connectivity index (χ1) is 6.35. The zero-order valence-electron chi connectivity index (χ0n) is 7.85. The van der Waals surface area contributed by atoms with Gasteiger partial charge in [0.2, 0.25) is 0 Å². The molecule has 0 aliphatic heterocycles. The van der Waals surface area contributed by atoms with Crippen LogP contribution < -0.4 is 0 Å². The Morgan fingerprint density at radius 3 is 1.69 bits per heavy atom. The lowest BCUT2D eigenvalue weighted by atomic mass is 10.3. The predicted octanol–water partition coefficient (Wildman–Crippen LogP) is 0.515. The van der Waals surface area contributed by atoms with Gasteiger partial charge >= 0.3 is 0 Å². The highest BCUT2D eigenvalue weighted by molar-refractivity contribution is 4.52. The Morgan fingerprint density at radius 1 is 0.923 bits per heavy atom. The SMILES string of the molecule is O=NN(CCCCO)CCCCO. The van der Waals surface area contributed by atoms with Gasteiger partial charge in [0.25, 0.3) is 0 Å². The van der Waals surface area contributed by atoms with Gasteiger partial charge in [0.05, 0.1) is 5.29 Å². The van der Waals surface area contributed by atoms with Crippen molar-refractivity contribution in [1.82, 2.24) is 5.01 Å². The fourth-order valence-electron chi connectivity index (χ4n) is 1.01. The van der Waals surface area contributed by atoms with Crippen molar-refractivity contribution in [1.29, 1.82) is 0 Å². The third-order valence-electron chi connectivity index (χ3n) is 1.76. The summed E-state index contributed by atoms with van der Waals surface area (Å²) in [6, 6.07) is 0. The summed E-state index contributed by atoms with van der Waals surface area (Å²) < 4.78 is 0. The maximum atomic E-state index is 10.2. The monoisotopic (exact) mass is 190 g/mol. The van der Waals surface area contributed by atoms with E-state index in [1.54, 1.807) is 0 Å². The number of hydrogen-bond donors (Lipinski definition) is 2. The summed E-state index contributed by atoms with van der Waals surface area (Å²) in [6.45, 7) is 1.50. The number of aliphatic hydroxyl groups excluding tert-OH is 2. The van der Waals surface area contributed by atoms with E-state index in [2.05, 4.69) is 5.29 Å². The molecule has 78 valence electrons. The molecule has 0 radical (unpaired) electrons. The Morgan fingerprint density at radius 2 is 1.38 bits per heavy atom. The Balaban J connectivity index is 3.34. The first-order valence-electron chi connectivity index (χ1n) is 4.65. The van der Waals surface area contributed by atoms with E-state index < -0.39 is 0 Å². The van der Waals surface area contributed by atoms with Crippen molar-refractivity contribution >= 4 is 0 Å². The second-order valence-corrected chi connectivity index (χ2v) is 2.90. The number of unbranched alkanes of at least 4 members (excludes halogenated alkanes) is 2. The largest absolute Gasteiger partial charge is 0.396 e. The molecule has 5 heteroatoms. The average molecular weight is 190 g/mol. The highest BCUT2D eigenvalue weighted by atomic mass is 16.3. The molecule has 0 amide bonds. The molecule has 0 aromatic heterocycles. The topological polar surface area (TPSA) is 73.1 Å². The molecule has 0 atom stereocenters. The van der Waals surface area contributed by atoms with Crippen LogP contribution in [0.15, 0.2) is 5.29 Å². The Labute approximate surface area is 78.3 Å². The number of hydrogen-bond acceptors (Lipinski definition) is 4. The molecule has 0 spiro atoms. The number of nitroso groups, excluding NO2 is 1. The van der Waals surface area contributed by atoms with Crippen LogP contribution in [0.2, 0.25) is 0 Å². The molecule has 0 aliphatic rings. The van der Waals surface area contributed by atoms with Gasteiger partial charge in [-0.3, -0.25) is 5.01 Å². The Bertz CT molecular complexity index is 112. The molecule has 0 rings (SSSR count). The summed E-state index contributed by atoms with van der Waals surface area (Å²) in [6.07, 6.45) is 2.96. The summed E-state index contributed by atoms with van der Waals surface area (Å²) in [5.41, 5.74) is 0. The quantitative estimate of drug-likeness (QED) is 0.316. The zero-order valence-corrected chi connectivity index (χ0v) is 7.85. The standard InChI is InChI=1S/C8H18N2O3/c11-7-3-1-5-10(9-13)6-2-4-8-12/h11-12H,1-8H2. The second-order valence-electron chi connectivity index (χ2n) is 2.90. The third-order valence-corrected chi connectivity index (χ3v) is 1.76. The van der Waals surface area contributed by atoms with E-state index >= 15 is 0 Å². The molecule has 0 saturated heterocycles. The minimum atomic E-state index is 0.156. The van der Waals surface area contributed by atoms with Gasteiger partial charge in [-0.2, -0.15) is 0 Å². The molecular weight excluding hydrogens is 172 g/mol. The fourth-order valence-corrected chi connectivity index (χ4v) is 1.01. The lowest BCUT2D eigenvalue weighted by Gasteiger charge is -2.13. The van der Waals surface area contributed by atoms with E-state index in [1.165, 1.54) is 5.01 Å². The van der Waals surface area contributed by atoms with Crippen LogP contribution in [-0.2, 0) is 0 Å². The minimum Gasteiger partial charge on any atom is -0.396 e. The third kappa shape index (κ3) is 7.67. The highest BCUT2D eigenvalue weighted by Gasteiger charge is 2.01. The molecule has 0 unspecified atom stereocenters. The molecule has 0 aromatic rings. The number of nitrogens with zero attached hydrogens (tertiary/aromatic N) is 2. The van der Waals surface area contributed by atoms with Crippen LogP contribution in [-0.4, -0.2) is 41.5 Å². The molecular formula is C8H18N2O3. The van der Waals surface area contributed by atoms with Crippen molar-refractivity contribution in [3.8, 4) is 0 Å². The summed E-state index contributed by atoms with van der Waals surface area (Å²) in [5.74, 6) is 0. The first kappa shape index (κ1) is 12.3. The second kappa shape index (κ2) is 9.41. The molecule has 0 bridgehead atoms. The van der Waals surface area contributed by atoms with Crippen molar-refractivity contribution < 1.29 is 10.2 Å². The summed E-state index contributed by atoms with van der Waals surface area (Å²) in [5, 5.41) is 21.3. The van der Waals surface area contributed by atoms with Gasteiger partial charge in [0, 0.05) is 26.3 Å². The summed E-state index contributed by atoms with van der Waals surface area (Å²) in [7, 11) is 0. The van der Waals surface area contributed by atoms with Crippen LogP contribution in [0.3, 0.4) is 0 Å². The van der Waals surface area contributed by atoms with E-state index in [-0.39, 0.29) is 13.2 Å². The van der Waals surface area contributed by atoms with E-state index in [0.717, 1.165) is 12.8 Å². The molecule has 2 N–H and O–H groups in total. The molecule has 0 aliphatic carbocycles. The zero-order chi connectivity index (χ0) is 9.94. The molecule has 5 nitrogen and oxygen atoms in total. The normalized spacial score (nSPS) is 10.0. The molecule has 0 saturated carbocycles. The Hall–Kier alpha value is -0.680. The lowest BCUT2D eigenvalue weighted by Crippen LogP contribution is -2.19. The van der Waals surface area contributed by atoms with Crippen LogP contribution >= 0.6 is 0 Å². The number of aliphatic hydroxyl groups is 2. The lowest BCUT2D eigenvalue weighted by molar-refractivity contribution is 0.230. The van der Waals surface area contributed by atoms with Crippen LogP contribution in [0.1, 0.15) is 25.7 Å². The van der Waals surface area contributed by atoms with E-state index in [4.69, 9.17) is 10.2 Å². The van der Waals surface area contributed by atoms with Crippen LogP contribution in [0.25, 0.3) is 0 Å². The van der Waals surface area contributed by atoms with Gasteiger partial charge < -0.3 is 10.2 Å². The van der Waals surface area contributed by atoms with Gasteiger partial charge in [0.1, 0.15) is 0 Å². The molecule has 0 aromatic carbocycles. The molecule has 13 heavy (non-hydrogen) atoms. The van der Waals surface area contributed by atoms with Crippen LogP contribution in [0, 0.1) is 4.91 Å². The molecule has 0 fully saturated rings. The molecule has 0 heterocycles. The Kier molecular flexibility index (Phi) is 8.92. The number of rotatable bonds is 9. The van der Waals surface area contributed by atoms with Crippen molar-refractivity contribution in [3.05, 3.63) is 4.91 Å². The fraction of sp³-hybridized carbons (Fsp3) is 1.00. The summed E-state index contributed by atoms with van der Waals surface area (Å²) in [4.78, 5) is 10.2.